The first-order chi connectivity index (χ1) is 5.81. The second-order valence-corrected chi connectivity index (χ2v) is 3.84. The van der Waals surface area contributed by atoms with E-state index in [0.29, 0.717) is 0 Å². The molecule has 0 saturated heterocycles. The van der Waals surface area contributed by atoms with Gasteiger partial charge in [-0.3, -0.25) is 0 Å². The van der Waals surface area contributed by atoms with Crippen LogP contribution in [0.4, 0.5) is 5.69 Å². The highest BCUT2D eigenvalue weighted by atomic mass is 79.9. The fourth-order valence-corrected chi connectivity index (χ4v) is 2.11. The Kier molecular flexibility index (Phi) is 2.07. The van der Waals surface area contributed by atoms with Gasteiger partial charge in [0.05, 0.1) is 6.61 Å². The molecule has 0 bridgehead atoms. The van der Waals surface area contributed by atoms with Crippen LogP contribution in [-0.4, -0.2) is 11.7 Å². The minimum Gasteiger partial charge on any atom is -0.392 e. The van der Waals surface area contributed by atoms with Crippen molar-refractivity contribution in [2.24, 2.45) is 0 Å². The molecule has 0 amide bonds. The molecular formula is C9H10BrNO. The van der Waals surface area contributed by atoms with E-state index in [4.69, 9.17) is 5.11 Å². The molecule has 0 aliphatic carbocycles. The molecule has 64 valence electrons. The van der Waals surface area contributed by atoms with E-state index in [1.807, 2.05) is 6.07 Å². The first-order valence-corrected chi connectivity index (χ1v) is 4.76. The van der Waals surface area contributed by atoms with Gasteiger partial charge in [-0.05, 0) is 29.7 Å². The summed E-state index contributed by atoms with van der Waals surface area (Å²) in [5.41, 5.74) is 3.46. The summed E-state index contributed by atoms with van der Waals surface area (Å²) in [5, 5.41) is 12.4. The van der Waals surface area contributed by atoms with Gasteiger partial charge in [-0.25, -0.2) is 0 Å². The molecule has 2 nitrogen and oxygen atoms in total. The molecule has 1 aromatic carbocycles. The molecule has 3 heteroatoms. The van der Waals surface area contributed by atoms with Crippen molar-refractivity contribution in [3.63, 3.8) is 0 Å². The fourth-order valence-electron chi connectivity index (χ4n) is 1.61. The highest BCUT2D eigenvalue weighted by Gasteiger charge is 2.14. The first-order valence-electron chi connectivity index (χ1n) is 3.97. The van der Waals surface area contributed by atoms with Crippen LogP contribution < -0.4 is 5.32 Å². The molecule has 12 heavy (non-hydrogen) atoms. The van der Waals surface area contributed by atoms with Crippen LogP contribution in [0.5, 0.6) is 0 Å². The zero-order valence-electron chi connectivity index (χ0n) is 6.60. The van der Waals surface area contributed by atoms with E-state index < -0.39 is 0 Å². The van der Waals surface area contributed by atoms with Crippen LogP contribution >= 0.6 is 15.9 Å². The van der Waals surface area contributed by atoms with Crippen LogP contribution in [0.3, 0.4) is 0 Å². The van der Waals surface area contributed by atoms with Gasteiger partial charge < -0.3 is 10.4 Å². The van der Waals surface area contributed by atoms with Gasteiger partial charge in [-0.2, -0.15) is 0 Å². The zero-order chi connectivity index (χ0) is 8.55. The number of rotatable bonds is 1. The van der Waals surface area contributed by atoms with Gasteiger partial charge in [0, 0.05) is 16.7 Å². The summed E-state index contributed by atoms with van der Waals surface area (Å²) in [6.45, 7) is 1.11. The van der Waals surface area contributed by atoms with Crippen molar-refractivity contribution in [3.05, 3.63) is 27.7 Å². The highest BCUT2D eigenvalue weighted by molar-refractivity contribution is 9.10. The van der Waals surface area contributed by atoms with E-state index in [9.17, 15) is 0 Å². The van der Waals surface area contributed by atoms with Gasteiger partial charge in [-0.15, -0.1) is 0 Å². The minimum atomic E-state index is 0.128. The lowest BCUT2D eigenvalue weighted by Gasteiger charge is -2.05. The largest absolute Gasteiger partial charge is 0.392 e. The molecule has 0 spiro atoms. The maximum Gasteiger partial charge on any atom is 0.0685 e. The third-order valence-corrected chi connectivity index (χ3v) is 2.63. The maximum absolute atomic E-state index is 9.08. The van der Waals surface area contributed by atoms with E-state index in [0.717, 1.165) is 28.7 Å². The van der Waals surface area contributed by atoms with Gasteiger partial charge in [0.25, 0.3) is 0 Å². The van der Waals surface area contributed by atoms with E-state index in [2.05, 4.69) is 27.3 Å². The minimum absolute atomic E-state index is 0.128. The Labute approximate surface area is 79.7 Å². The average molecular weight is 228 g/mol. The third kappa shape index (κ3) is 1.23. The molecule has 0 atom stereocenters. The van der Waals surface area contributed by atoms with Gasteiger partial charge in [-0.1, -0.05) is 15.9 Å². The summed E-state index contributed by atoms with van der Waals surface area (Å²) in [5.74, 6) is 0. The molecule has 2 rings (SSSR count). The average Bonchev–Trinajstić information content (AvgIpc) is 2.50. The molecular weight excluding hydrogens is 218 g/mol. The van der Waals surface area contributed by atoms with Crippen molar-refractivity contribution in [3.8, 4) is 0 Å². The van der Waals surface area contributed by atoms with E-state index in [1.165, 1.54) is 5.56 Å². The Morgan fingerprint density at radius 3 is 3.08 bits per heavy atom. The molecule has 1 heterocycles. The summed E-state index contributed by atoms with van der Waals surface area (Å²) >= 11 is 3.41. The molecule has 0 aromatic heterocycles. The molecule has 0 fully saturated rings. The highest BCUT2D eigenvalue weighted by Crippen LogP contribution is 2.29. The number of aliphatic hydroxyl groups is 1. The maximum atomic E-state index is 9.08. The summed E-state index contributed by atoms with van der Waals surface area (Å²) in [7, 11) is 0. The number of anilines is 1. The Morgan fingerprint density at radius 2 is 2.33 bits per heavy atom. The lowest BCUT2D eigenvalue weighted by atomic mass is 10.1. The van der Waals surface area contributed by atoms with Crippen molar-refractivity contribution in [1.29, 1.82) is 0 Å². The lowest BCUT2D eigenvalue weighted by molar-refractivity contribution is 0.281. The predicted molar refractivity (Wildman–Crippen MR) is 52.3 cm³/mol. The van der Waals surface area contributed by atoms with Gasteiger partial charge in [0.2, 0.25) is 0 Å². The smallest absolute Gasteiger partial charge is 0.0685 e. The SMILES string of the molecule is OCc1cc(Br)cc2c1CCN2. The van der Waals surface area contributed by atoms with Crippen molar-refractivity contribution in [2.45, 2.75) is 13.0 Å². The van der Waals surface area contributed by atoms with Crippen LogP contribution in [-0.2, 0) is 13.0 Å². The molecule has 0 unspecified atom stereocenters. The number of benzene rings is 1. The predicted octanol–water partition coefficient (Wildman–Crippen LogP) is 1.91. The number of halogens is 1. The number of hydrogen-bond acceptors (Lipinski definition) is 2. The van der Waals surface area contributed by atoms with Crippen molar-refractivity contribution >= 4 is 21.6 Å². The lowest BCUT2D eigenvalue weighted by Crippen LogP contribution is -1.90. The molecule has 1 aliphatic rings. The number of hydrogen-bond donors (Lipinski definition) is 2. The van der Waals surface area contributed by atoms with Crippen molar-refractivity contribution in [1.82, 2.24) is 0 Å². The molecule has 1 aromatic rings. The van der Waals surface area contributed by atoms with Gasteiger partial charge in [0.1, 0.15) is 0 Å². The van der Waals surface area contributed by atoms with Crippen LogP contribution in [0.1, 0.15) is 11.1 Å². The van der Waals surface area contributed by atoms with Crippen LogP contribution in [0.25, 0.3) is 0 Å². The molecule has 0 radical (unpaired) electrons. The summed E-state index contributed by atoms with van der Waals surface area (Å²) in [4.78, 5) is 0. The van der Waals surface area contributed by atoms with Crippen molar-refractivity contribution in [2.75, 3.05) is 11.9 Å². The quantitative estimate of drug-likeness (QED) is 0.769. The summed E-state index contributed by atoms with van der Waals surface area (Å²) in [6, 6.07) is 4.04. The van der Waals surface area contributed by atoms with E-state index in [1.54, 1.807) is 0 Å². The van der Waals surface area contributed by atoms with Gasteiger partial charge in [0.15, 0.2) is 0 Å². The van der Waals surface area contributed by atoms with Crippen LogP contribution in [0.2, 0.25) is 0 Å². The molecule has 0 saturated carbocycles. The second kappa shape index (κ2) is 3.07. The van der Waals surface area contributed by atoms with Crippen LogP contribution in [0.15, 0.2) is 16.6 Å². The van der Waals surface area contributed by atoms with Crippen molar-refractivity contribution < 1.29 is 5.11 Å². The number of nitrogens with one attached hydrogen (secondary N) is 1. The summed E-state index contributed by atoms with van der Waals surface area (Å²) in [6.07, 6.45) is 1.03. The Balaban J connectivity index is 2.55. The Hall–Kier alpha value is -0.540. The Bertz CT molecular complexity index is 312. The summed E-state index contributed by atoms with van der Waals surface area (Å²) < 4.78 is 1.03. The first kappa shape index (κ1) is 8.08. The Morgan fingerprint density at radius 1 is 1.50 bits per heavy atom. The van der Waals surface area contributed by atoms with Gasteiger partial charge >= 0.3 is 0 Å². The zero-order valence-corrected chi connectivity index (χ0v) is 8.19. The monoisotopic (exact) mass is 227 g/mol. The number of fused-ring (bicyclic) bond motifs is 1. The molecule has 1 aliphatic heterocycles. The fraction of sp³-hybridized carbons (Fsp3) is 0.333. The topological polar surface area (TPSA) is 32.3 Å². The van der Waals surface area contributed by atoms with E-state index >= 15 is 0 Å². The normalized spacial score (nSPS) is 14.2. The molecule has 2 N–H and O–H groups in total. The standard InChI is InChI=1S/C9H10BrNO/c10-7-3-6(5-12)8-1-2-11-9(8)4-7/h3-4,11-12H,1-2,5H2. The third-order valence-electron chi connectivity index (χ3n) is 2.17. The number of aliphatic hydroxyl groups excluding tert-OH is 1. The van der Waals surface area contributed by atoms with E-state index in [-0.39, 0.29) is 6.61 Å². The van der Waals surface area contributed by atoms with Crippen LogP contribution in [0, 0.1) is 0 Å². The second-order valence-electron chi connectivity index (χ2n) is 2.93.